The van der Waals surface area contributed by atoms with Gasteiger partial charge in [-0.3, -0.25) is 18.9 Å². The molecule has 9 heteroatoms. The molecule has 1 aromatic carbocycles. The Bertz CT molecular complexity index is 1240. The van der Waals surface area contributed by atoms with E-state index in [0.717, 1.165) is 10.5 Å². The summed E-state index contributed by atoms with van der Waals surface area (Å²) in [6.07, 6.45) is 1.64. The SMILES string of the molecule is Cc1ccn2c(=O)cc(CN3C(=O)NC(C)(c4ccc(Cl)c(Cl)c4)C3=O)nc2c1. The monoisotopic (exact) mass is 430 g/mol. The van der Waals surface area contributed by atoms with Crippen LogP contribution in [-0.4, -0.2) is 26.2 Å². The summed E-state index contributed by atoms with van der Waals surface area (Å²) in [6.45, 7) is 3.36. The second-order valence-electron chi connectivity index (χ2n) is 7.09. The van der Waals surface area contributed by atoms with Gasteiger partial charge in [0.15, 0.2) is 0 Å². The summed E-state index contributed by atoms with van der Waals surface area (Å²) >= 11 is 12.0. The quantitative estimate of drug-likeness (QED) is 0.646. The maximum atomic E-state index is 13.1. The number of aromatic nitrogens is 2. The van der Waals surface area contributed by atoms with Crippen molar-refractivity contribution in [2.24, 2.45) is 0 Å². The number of hydrogen-bond acceptors (Lipinski definition) is 4. The number of carbonyl (C=O) groups is 2. The standard InChI is InChI=1S/C20H16Cl2N4O3/c1-11-5-6-25-16(7-11)23-13(9-17(25)27)10-26-18(28)20(2,24-19(26)29)12-3-4-14(21)15(22)8-12/h3-9H,10H2,1-2H3,(H,24,29). The van der Waals surface area contributed by atoms with Crippen LogP contribution >= 0.6 is 23.2 Å². The molecule has 3 amide bonds. The molecule has 1 unspecified atom stereocenters. The zero-order valence-corrected chi connectivity index (χ0v) is 17.1. The number of hydrogen-bond donors (Lipinski definition) is 1. The van der Waals surface area contributed by atoms with Gasteiger partial charge in [-0.05, 0) is 49.2 Å². The number of rotatable bonds is 3. The van der Waals surface area contributed by atoms with Gasteiger partial charge in [0.2, 0.25) is 0 Å². The number of benzene rings is 1. The first-order valence-corrected chi connectivity index (χ1v) is 9.53. The highest BCUT2D eigenvalue weighted by atomic mass is 35.5. The second kappa shape index (κ2) is 6.86. The van der Waals surface area contributed by atoms with Gasteiger partial charge in [-0.1, -0.05) is 29.3 Å². The van der Waals surface area contributed by atoms with Gasteiger partial charge in [0.25, 0.3) is 11.5 Å². The van der Waals surface area contributed by atoms with E-state index in [9.17, 15) is 14.4 Å². The summed E-state index contributed by atoms with van der Waals surface area (Å²) in [4.78, 5) is 43.5. The van der Waals surface area contributed by atoms with Crippen LogP contribution in [0.15, 0.2) is 47.4 Å². The Morgan fingerprint density at radius 1 is 1.07 bits per heavy atom. The summed E-state index contributed by atoms with van der Waals surface area (Å²) in [6, 6.07) is 9.06. The Labute approximate surface area is 175 Å². The van der Waals surface area contributed by atoms with Crippen LogP contribution < -0.4 is 10.9 Å². The van der Waals surface area contributed by atoms with Crippen molar-refractivity contribution in [2.75, 3.05) is 0 Å². The number of nitrogens with zero attached hydrogens (tertiary/aromatic N) is 3. The molecular formula is C20H16Cl2N4O3. The average Bonchev–Trinajstić information content (AvgIpc) is 2.87. The maximum Gasteiger partial charge on any atom is 0.325 e. The van der Waals surface area contributed by atoms with Crippen LogP contribution in [0.4, 0.5) is 4.79 Å². The van der Waals surface area contributed by atoms with E-state index in [1.807, 2.05) is 6.92 Å². The highest BCUT2D eigenvalue weighted by molar-refractivity contribution is 6.42. The summed E-state index contributed by atoms with van der Waals surface area (Å²) < 4.78 is 1.40. The van der Waals surface area contributed by atoms with Crippen molar-refractivity contribution < 1.29 is 9.59 Å². The molecule has 1 aliphatic heterocycles. The summed E-state index contributed by atoms with van der Waals surface area (Å²) in [5, 5.41) is 3.33. The van der Waals surface area contributed by atoms with E-state index < -0.39 is 17.5 Å². The van der Waals surface area contributed by atoms with E-state index in [1.54, 1.807) is 43.5 Å². The van der Waals surface area contributed by atoms with Crippen LogP contribution in [0.5, 0.6) is 0 Å². The van der Waals surface area contributed by atoms with Crippen LogP contribution in [-0.2, 0) is 16.9 Å². The van der Waals surface area contributed by atoms with Crippen molar-refractivity contribution in [1.82, 2.24) is 19.6 Å². The summed E-state index contributed by atoms with van der Waals surface area (Å²) in [5.41, 5.74) is 0.637. The third kappa shape index (κ3) is 3.26. The van der Waals surface area contributed by atoms with Crippen LogP contribution in [0.3, 0.4) is 0 Å². The van der Waals surface area contributed by atoms with Crippen molar-refractivity contribution in [2.45, 2.75) is 25.9 Å². The fourth-order valence-corrected chi connectivity index (χ4v) is 3.64. The molecule has 1 saturated heterocycles. The van der Waals surface area contributed by atoms with Gasteiger partial charge in [0.1, 0.15) is 11.2 Å². The first-order chi connectivity index (χ1) is 13.7. The van der Waals surface area contributed by atoms with Gasteiger partial charge in [-0.2, -0.15) is 0 Å². The molecule has 0 spiro atoms. The Morgan fingerprint density at radius 3 is 2.55 bits per heavy atom. The van der Waals surface area contributed by atoms with Crippen LogP contribution in [0, 0.1) is 6.92 Å². The van der Waals surface area contributed by atoms with E-state index in [1.165, 1.54) is 10.5 Å². The lowest BCUT2D eigenvalue weighted by atomic mass is 9.92. The first kappa shape index (κ1) is 19.4. The highest BCUT2D eigenvalue weighted by Gasteiger charge is 2.49. The third-order valence-corrected chi connectivity index (χ3v) is 5.71. The second-order valence-corrected chi connectivity index (χ2v) is 7.91. The van der Waals surface area contributed by atoms with Crippen LogP contribution in [0.2, 0.25) is 10.0 Å². The molecule has 148 valence electrons. The molecule has 0 aliphatic carbocycles. The van der Waals surface area contributed by atoms with Gasteiger partial charge in [0.05, 0.1) is 22.3 Å². The molecule has 3 heterocycles. The highest BCUT2D eigenvalue weighted by Crippen LogP contribution is 2.33. The topological polar surface area (TPSA) is 83.8 Å². The van der Waals surface area contributed by atoms with Gasteiger partial charge in [-0.25, -0.2) is 9.78 Å². The number of imide groups is 1. The van der Waals surface area contributed by atoms with E-state index >= 15 is 0 Å². The van der Waals surface area contributed by atoms with E-state index in [0.29, 0.717) is 21.9 Å². The molecule has 0 bridgehead atoms. The Balaban J connectivity index is 1.69. The fraction of sp³-hybridized carbons (Fsp3) is 0.200. The molecule has 3 aromatic rings. The molecule has 1 atom stereocenters. The normalized spacial score (nSPS) is 19.1. The van der Waals surface area contributed by atoms with Crippen molar-refractivity contribution in [3.8, 4) is 0 Å². The van der Waals surface area contributed by atoms with Crippen molar-refractivity contribution in [3.05, 3.63) is 79.8 Å². The molecule has 1 fully saturated rings. The van der Waals surface area contributed by atoms with E-state index in [-0.39, 0.29) is 17.1 Å². The fourth-order valence-electron chi connectivity index (χ4n) is 3.34. The Hall–Kier alpha value is -2.90. The van der Waals surface area contributed by atoms with Crippen molar-refractivity contribution >= 4 is 40.8 Å². The number of fused-ring (bicyclic) bond motifs is 1. The minimum atomic E-state index is -1.30. The largest absolute Gasteiger partial charge is 0.325 e. The number of urea groups is 1. The predicted molar refractivity (Wildman–Crippen MR) is 109 cm³/mol. The predicted octanol–water partition coefficient (Wildman–Crippen LogP) is 3.28. The van der Waals surface area contributed by atoms with Crippen LogP contribution in [0.25, 0.3) is 5.65 Å². The third-order valence-electron chi connectivity index (χ3n) is 4.97. The van der Waals surface area contributed by atoms with Crippen LogP contribution in [0.1, 0.15) is 23.7 Å². The molecule has 0 saturated carbocycles. The molecule has 1 aliphatic rings. The molecule has 29 heavy (non-hydrogen) atoms. The van der Waals surface area contributed by atoms with Gasteiger partial charge in [-0.15, -0.1) is 0 Å². The first-order valence-electron chi connectivity index (χ1n) is 8.77. The minimum Gasteiger partial charge on any atom is -0.319 e. The summed E-state index contributed by atoms with van der Waals surface area (Å²) in [5.74, 6) is -0.466. The summed E-state index contributed by atoms with van der Waals surface area (Å²) in [7, 11) is 0. The molecule has 2 aromatic heterocycles. The molecule has 0 radical (unpaired) electrons. The van der Waals surface area contributed by atoms with Crippen molar-refractivity contribution in [1.29, 1.82) is 0 Å². The Kier molecular flexibility index (Phi) is 4.59. The minimum absolute atomic E-state index is 0.124. The molecule has 7 nitrogen and oxygen atoms in total. The number of pyridine rings is 1. The van der Waals surface area contributed by atoms with Gasteiger partial charge in [0, 0.05) is 12.3 Å². The molecule has 1 N–H and O–H groups in total. The van der Waals surface area contributed by atoms with Gasteiger partial charge < -0.3 is 5.32 Å². The smallest absolute Gasteiger partial charge is 0.319 e. The number of carbonyl (C=O) groups excluding carboxylic acids is 2. The number of aryl methyl sites for hydroxylation is 1. The Morgan fingerprint density at radius 2 is 1.83 bits per heavy atom. The number of nitrogens with one attached hydrogen (secondary N) is 1. The number of amides is 3. The lowest BCUT2D eigenvalue weighted by molar-refractivity contribution is -0.131. The zero-order chi connectivity index (χ0) is 20.9. The maximum absolute atomic E-state index is 13.1. The number of halogens is 2. The van der Waals surface area contributed by atoms with E-state index in [2.05, 4.69) is 10.3 Å². The lowest BCUT2D eigenvalue weighted by Crippen LogP contribution is -2.40. The average molecular weight is 431 g/mol. The zero-order valence-electron chi connectivity index (χ0n) is 15.6. The van der Waals surface area contributed by atoms with Gasteiger partial charge >= 0.3 is 6.03 Å². The van der Waals surface area contributed by atoms with Crippen molar-refractivity contribution in [3.63, 3.8) is 0 Å². The molecular weight excluding hydrogens is 415 g/mol. The van der Waals surface area contributed by atoms with E-state index in [4.69, 9.17) is 23.2 Å². The lowest BCUT2D eigenvalue weighted by Gasteiger charge is -2.22. The molecule has 4 rings (SSSR count).